The van der Waals surface area contributed by atoms with Crippen LogP contribution >= 0.6 is 11.3 Å². The standard InChI is InChI=1S/C20H15N5OS/c21-10-9-14-5-7-15(8-6-14)23-19(26)12-25-17-4-2-1-3-16(17)24-20(25)18-11-22-13-27-18/h1-8,11,13H,9,12H2,(H,23,26). The molecule has 132 valence electrons. The van der Waals surface area contributed by atoms with E-state index >= 15 is 0 Å². The fourth-order valence-corrected chi connectivity index (χ4v) is 3.51. The Hall–Kier alpha value is -3.50. The highest BCUT2D eigenvalue weighted by molar-refractivity contribution is 7.13. The zero-order chi connectivity index (χ0) is 18.6. The number of rotatable bonds is 5. The molecule has 0 saturated heterocycles. The van der Waals surface area contributed by atoms with Crippen LogP contribution in [-0.2, 0) is 17.8 Å². The number of fused-ring (bicyclic) bond motifs is 1. The van der Waals surface area contributed by atoms with E-state index in [0.29, 0.717) is 12.1 Å². The maximum atomic E-state index is 12.6. The Labute approximate surface area is 159 Å². The molecule has 0 aliphatic carbocycles. The number of anilines is 1. The molecule has 0 atom stereocenters. The van der Waals surface area contributed by atoms with Crippen molar-refractivity contribution in [2.45, 2.75) is 13.0 Å². The van der Waals surface area contributed by atoms with Crippen molar-refractivity contribution in [1.29, 1.82) is 5.26 Å². The molecule has 6 nitrogen and oxygen atoms in total. The quantitative estimate of drug-likeness (QED) is 0.576. The van der Waals surface area contributed by atoms with Crippen molar-refractivity contribution in [3.05, 3.63) is 65.8 Å². The first-order valence-corrected chi connectivity index (χ1v) is 9.22. The van der Waals surface area contributed by atoms with Gasteiger partial charge in [0.25, 0.3) is 0 Å². The van der Waals surface area contributed by atoms with Gasteiger partial charge in [-0.15, -0.1) is 11.3 Å². The highest BCUT2D eigenvalue weighted by Gasteiger charge is 2.16. The van der Waals surface area contributed by atoms with Gasteiger partial charge in [0.1, 0.15) is 6.54 Å². The van der Waals surface area contributed by atoms with E-state index in [9.17, 15) is 4.79 Å². The number of amides is 1. The van der Waals surface area contributed by atoms with Crippen molar-refractivity contribution in [3.8, 4) is 16.8 Å². The van der Waals surface area contributed by atoms with Crippen LogP contribution in [0, 0.1) is 11.3 Å². The molecule has 4 aromatic rings. The van der Waals surface area contributed by atoms with E-state index in [4.69, 9.17) is 5.26 Å². The lowest BCUT2D eigenvalue weighted by Gasteiger charge is -2.09. The average molecular weight is 373 g/mol. The third kappa shape index (κ3) is 3.57. The summed E-state index contributed by atoms with van der Waals surface area (Å²) in [5, 5.41) is 11.6. The van der Waals surface area contributed by atoms with Crippen LogP contribution in [0.25, 0.3) is 21.7 Å². The molecule has 0 saturated carbocycles. The minimum atomic E-state index is -0.142. The highest BCUT2D eigenvalue weighted by atomic mass is 32.1. The number of nitrogens with zero attached hydrogens (tertiary/aromatic N) is 4. The maximum absolute atomic E-state index is 12.6. The van der Waals surface area contributed by atoms with Crippen molar-refractivity contribution in [3.63, 3.8) is 0 Å². The number of para-hydroxylation sites is 2. The largest absolute Gasteiger partial charge is 0.325 e. The van der Waals surface area contributed by atoms with Crippen molar-refractivity contribution in [1.82, 2.24) is 14.5 Å². The second-order valence-corrected chi connectivity index (χ2v) is 6.84. The smallest absolute Gasteiger partial charge is 0.244 e. The Bertz CT molecular complexity index is 1120. The number of aromatic nitrogens is 3. The van der Waals surface area contributed by atoms with Gasteiger partial charge in [-0.05, 0) is 29.8 Å². The fourth-order valence-electron chi connectivity index (χ4n) is 2.89. The summed E-state index contributed by atoms with van der Waals surface area (Å²) >= 11 is 1.49. The zero-order valence-corrected chi connectivity index (χ0v) is 15.1. The molecule has 0 radical (unpaired) electrons. The second kappa shape index (κ2) is 7.40. The summed E-state index contributed by atoms with van der Waals surface area (Å²) in [4.78, 5) is 22.3. The highest BCUT2D eigenvalue weighted by Crippen LogP contribution is 2.27. The molecule has 0 aliphatic rings. The first kappa shape index (κ1) is 16.9. The number of hydrogen-bond donors (Lipinski definition) is 1. The van der Waals surface area contributed by atoms with E-state index in [-0.39, 0.29) is 12.5 Å². The fraction of sp³-hybridized carbons (Fsp3) is 0.100. The first-order valence-electron chi connectivity index (χ1n) is 8.34. The van der Waals surface area contributed by atoms with Crippen LogP contribution in [0.3, 0.4) is 0 Å². The predicted octanol–water partition coefficient (Wildman–Crippen LogP) is 3.86. The van der Waals surface area contributed by atoms with Gasteiger partial charge in [0.05, 0.1) is 33.9 Å². The lowest BCUT2D eigenvalue weighted by Crippen LogP contribution is -2.19. The van der Waals surface area contributed by atoms with Crippen molar-refractivity contribution in [2.24, 2.45) is 0 Å². The lowest BCUT2D eigenvalue weighted by molar-refractivity contribution is -0.116. The molecule has 2 aromatic carbocycles. The molecule has 0 fully saturated rings. The van der Waals surface area contributed by atoms with Crippen molar-refractivity contribution in [2.75, 3.05) is 5.32 Å². The molecule has 27 heavy (non-hydrogen) atoms. The summed E-state index contributed by atoms with van der Waals surface area (Å²) in [6.07, 6.45) is 2.11. The van der Waals surface area contributed by atoms with Crippen LogP contribution in [0.15, 0.2) is 60.2 Å². The molecule has 7 heteroatoms. The molecule has 0 spiro atoms. The Morgan fingerprint density at radius 2 is 2.00 bits per heavy atom. The van der Waals surface area contributed by atoms with E-state index < -0.39 is 0 Å². The van der Waals surface area contributed by atoms with Gasteiger partial charge in [0, 0.05) is 11.9 Å². The third-order valence-electron chi connectivity index (χ3n) is 4.13. The molecular weight excluding hydrogens is 358 g/mol. The van der Waals surface area contributed by atoms with Gasteiger partial charge in [-0.3, -0.25) is 9.78 Å². The molecule has 4 rings (SSSR count). The van der Waals surface area contributed by atoms with Crippen LogP contribution in [-0.4, -0.2) is 20.4 Å². The van der Waals surface area contributed by atoms with Crippen LogP contribution in [0.2, 0.25) is 0 Å². The van der Waals surface area contributed by atoms with Gasteiger partial charge in [-0.2, -0.15) is 5.26 Å². The Balaban J connectivity index is 1.60. The number of carbonyl (C=O) groups is 1. The number of nitrogens with one attached hydrogen (secondary N) is 1. The van der Waals surface area contributed by atoms with Crippen molar-refractivity contribution < 1.29 is 4.79 Å². The van der Waals surface area contributed by atoms with E-state index in [1.54, 1.807) is 23.8 Å². The zero-order valence-electron chi connectivity index (χ0n) is 14.3. The summed E-state index contributed by atoms with van der Waals surface area (Å²) in [5.41, 5.74) is 5.12. The predicted molar refractivity (Wildman–Crippen MR) is 105 cm³/mol. The van der Waals surface area contributed by atoms with E-state index in [0.717, 1.165) is 27.3 Å². The van der Waals surface area contributed by atoms with Gasteiger partial charge < -0.3 is 9.88 Å². The monoisotopic (exact) mass is 373 g/mol. The molecule has 0 bridgehead atoms. The minimum absolute atomic E-state index is 0.142. The van der Waals surface area contributed by atoms with Crippen LogP contribution in [0.5, 0.6) is 0 Å². The average Bonchev–Trinajstić information content (AvgIpc) is 3.32. The van der Waals surface area contributed by atoms with Gasteiger partial charge >= 0.3 is 0 Å². The van der Waals surface area contributed by atoms with Crippen LogP contribution in [0.1, 0.15) is 5.56 Å². The van der Waals surface area contributed by atoms with E-state index in [1.807, 2.05) is 41.0 Å². The summed E-state index contributed by atoms with van der Waals surface area (Å²) in [6.45, 7) is 0.147. The Morgan fingerprint density at radius 3 is 2.74 bits per heavy atom. The maximum Gasteiger partial charge on any atom is 0.244 e. The number of carbonyl (C=O) groups excluding carboxylic acids is 1. The number of thiazole rings is 1. The van der Waals surface area contributed by atoms with Gasteiger partial charge in [0.2, 0.25) is 5.91 Å². The van der Waals surface area contributed by atoms with Crippen LogP contribution < -0.4 is 5.32 Å². The van der Waals surface area contributed by atoms with Crippen LogP contribution in [0.4, 0.5) is 5.69 Å². The minimum Gasteiger partial charge on any atom is -0.325 e. The molecule has 0 unspecified atom stereocenters. The first-order chi connectivity index (χ1) is 13.2. The summed E-state index contributed by atoms with van der Waals surface area (Å²) in [5.74, 6) is 0.593. The molecular formula is C20H15N5OS. The molecule has 1 N–H and O–H groups in total. The number of benzene rings is 2. The Kier molecular flexibility index (Phi) is 4.64. The normalized spacial score (nSPS) is 10.6. The molecule has 0 aliphatic heterocycles. The number of nitriles is 1. The van der Waals surface area contributed by atoms with Gasteiger partial charge in [0.15, 0.2) is 5.82 Å². The Morgan fingerprint density at radius 1 is 1.19 bits per heavy atom. The lowest BCUT2D eigenvalue weighted by atomic mass is 10.1. The van der Waals surface area contributed by atoms with Gasteiger partial charge in [-0.1, -0.05) is 24.3 Å². The van der Waals surface area contributed by atoms with E-state index in [1.165, 1.54) is 11.3 Å². The molecule has 1 amide bonds. The second-order valence-electron chi connectivity index (χ2n) is 5.96. The number of hydrogen-bond acceptors (Lipinski definition) is 5. The SMILES string of the molecule is N#CCc1ccc(NC(=O)Cn2c(-c3cncs3)nc3ccccc32)cc1. The topological polar surface area (TPSA) is 83.6 Å². The van der Waals surface area contributed by atoms with Gasteiger partial charge in [-0.25, -0.2) is 4.98 Å². The summed E-state index contributed by atoms with van der Waals surface area (Å²) < 4.78 is 1.90. The third-order valence-corrected chi connectivity index (χ3v) is 4.90. The molecule has 2 heterocycles. The summed E-state index contributed by atoms with van der Waals surface area (Å²) in [6, 6.07) is 17.2. The van der Waals surface area contributed by atoms with Crippen molar-refractivity contribution >= 4 is 34.0 Å². The van der Waals surface area contributed by atoms with E-state index in [2.05, 4.69) is 21.4 Å². The number of imidazole rings is 1. The summed E-state index contributed by atoms with van der Waals surface area (Å²) in [7, 11) is 0. The molecule has 2 aromatic heterocycles.